The van der Waals surface area contributed by atoms with E-state index in [4.69, 9.17) is 28.6 Å². The van der Waals surface area contributed by atoms with Crippen molar-refractivity contribution >= 4 is 8.80 Å². The lowest BCUT2D eigenvalue weighted by Crippen LogP contribution is -2.45. The predicted octanol–water partition coefficient (Wildman–Crippen LogP) is 1.02. The first kappa shape index (κ1) is 20.7. The van der Waals surface area contributed by atoms with E-state index in [1.165, 1.54) is 0 Å². The van der Waals surface area contributed by atoms with E-state index in [0.29, 0.717) is 39.1 Å². The van der Waals surface area contributed by atoms with Gasteiger partial charge in [-0.2, -0.15) is 0 Å². The first-order valence-corrected chi connectivity index (χ1v) is 9.43. The van der Waals surface area contributed by atoms with Crippen molar-refractivity contribution < 1.29 is 28.6 Å². The van der Waals surface area contributed by atoms with Gasteiger partial charge in [0, 0.05) is 39.6 Å². The molecule has 0 aliphatic carbocycles. The smallest absolute Gasteiger partial charge is 0.396 e. The van der Waals surface area contributed by atoms with E-state index >= 15 is 0 Å². The molecule has 0 rings (SSSR count). The van der Waals surface area contributed by atoms with Crippen LogP contribution in [0.5, 0.6) is 0 Å². The molecule has 0 spiro atoms. The summed E-state index contributed by atoms with van der Waals surface area (Å²) in [6.45, 7) is 5.56. The second kappa shape index (κ2) is 14.6. The topological polar surface area (TPSA) is 88.4 Å². The van der Waals surface area contributed by atoms with E-state index in [1.54, 1.807) is 5.70 Å². The molecule has 0 radical (unpaired) electrons. The van der Waals surface area contributed by atoms with Crippen LogP contribution in [-0.4, -0.2) is 63.8 Å². The molecule has 0 amide bonds. The molecule has 0 saturated heterocycles. The van der Waals surface area contributed by atoms with Crippen LogP contribution >= 0.6 is 0 Å². The molecule has 0 heterocycles. The van der Waals surface area contributed by atoms with Gasteiger partial charge in [-0.3, -0.25) is 0 Å². The van der Waals surface area contributed by atoms with Crippen molar-refractivity contribution in [3.8, 4) is 0 Å². The van der Waals surface area contributed by atoms with Crippen molar-refractivity contribution in [3.63, 3.8) is 0 Å². The van der Waals surface area contributed by atoms with Gasteiger partial charge in [-0.15, -0.1) is 0 Å². The molecule has 0 aromatic carbocycles. The highest BCUT2D eigenvalue weighted by atomic mass is 28.4. The first-order valence-electron chi connectivity index (χ1n) is 7.62. The molecule has 6 nitrogen and oxygen atoms in total. The van der Waals surface area contributed by atoms with Gasteiger partial charge in [0.15, 0.2) is 0 Å². The molecule has 0 atom stereocenters. The maximum Gasteiger partial charge on any atom is 0.529 e. The summed E-state index contributed by atoms with van der Waals surface area (Å²) in [7, 11) is -2.90. The maximum atomic E-state index is 8.78. The summed E-state index contributed by atoms with van der Waals surface area (Å²) in [5, 5.41) is 26.3. The van der Waals surface area contributed by atoms with Crippen LogP contribution in [0, 0.1) is 0 Å². The number of unbranched alkanes of at least 4 members (excludes halogenated alkanes) is 3. The van der Waals surface area contributed by atoms with Gasteiger partial charge < -0.3 is 28.6 Å². The average Bonchev–Trinajstić information content (AvgIpc) is 2.51. The highest BCUT2D eigenvalue weighted by molar-refractivity contribution is 6.66. The zero-order valence-corrected chi connectivity index (χ0v) is 13.8. The minimum atomic E-state index is -2.90. The van der Waals surface area contributed by atoms with Crippen LogP contribution in [0.15, 0.2) is 12.3 Å². The largest absolute Gasteiger partial charge is 0.529 e. The molecule has 0 bridgehead atoms. The predicted molar refractivity (Wildman–Crippen MR) is 82.8 cm³/mol. The molecule has 7 heteroatoms. The van der Waals surface area contributed by atoms with Crippen molar-refractivity contribution in [1.82, 2.24) is 0 Å². The fourth-order valence-corrected chi connectivity index (χ4v) is 3.48. The fraction of sp³-hybridized carbons (Fsp3) is 0.857. The highest BCUT2D eigenvalue weighted by Crippen LogP contribution is 2.14. The Labute approximate surface area is 128 Å². The molecule has 0 saturated carbocycles. The third-order valence-electron chi connectivity index (χ3n) is 2.82. The lowest BCUT2D eigenvalue weighted by Gasteiger charge is -2.26. The Balaban J connectivity index is 4.26. The van der Waals surface area contributed by atoms with Crippen LogP contribution in [0.3, 0.4) is 0 Å². The summed E-state index contributed by atoms with van der Waals surface area (Å²) < 4.78 is 17.3. The maximum absolute atomic E-state index is 8.78. The Kier molecular flexibility index (Phi) is 14.4. The van der Waals surface area contributed by atoms with Gasteiger partial charge in [0.1, 0.15) is 0 Å². The van der Waals surface area contributed by atoms with E-state index < -0.39 is 8.80 Å². The summed E-state index contributed by atoms with van der Waals surface area (Å²) >= 11 is 0. The summed E-state index contributed by atoms with van der Waals surface area (Å²) in [6.07, 6.45) is 4.24. The lowest BCUT2D eigenvalue weighted by molar-refractivity contribution is 0.0644. The zero-order chi connectivity index (χ0) is 15.8. The lowest BCUT2D eigenvalue weighted by atomic mass is 10.3. The highest BCUT2D eigenvalue weighted by Gasteiger charge is 2.37. The van der Waals surface area contributed by atoms with Gasteiger partial charge in [-0.05, 0) is 44.2 Å². The molecule has 0 aliphatic heterocycles. The molecule has 0 aromatic rings. The van der Waals surface area contributed by atoms with Gasteiger partial charge in [0.25, 0.3) is 0 Å². The number of rotatable bonds is 16. The van der Waals surface area contributed by atoms with Crippen LogP contribution in [0.25, 0.3) is 0 Å². The summed E-state index contributed by atoms with van der Waals surface area (Å²) in [5.74, 6) is 0. The number of hydrogen-bond acceptors (Lipinski definition) is 6. The average molecular weight is 322 g/mol. The molecular formula is C14H30O6Si. The Morgan fingerprint density at radius 1 is 0.667 bits per heavy atom. The van der Waals surface area contributed by atoms with E-state index in [1.807, 2.05) is 0 Å². The van der Waals surface area contributed by atoms with Crippen LogP contribution in [0.2, 0.25) is 0 Å². The second-order valence-electron chi connectivity index (χ2n) is 4.65. The van der Waals surface area contributed by atoms with Crippen molar-refractivity contribution in [2.45, 2.75) is 38.5 Å². The second-order valence-corrected chi connectivity index (χ2v) is 7.13. The third-order valence-corrected chi connectivity index (χ3v) is 5.14. The van der Waals surface area contributed by atoms with Gasteiger partial charge in [-0.1, -0.05) is 6.58 Å². The number of aliphatic hydroxyl groups is 3. The van der Waals surface area contributed by atoms with Crippen LogP contribution in [0.1, 0.15) is 38.5 Å². The molecule has 0 aliphatic rings. The van der Waals surface area contributed by atoms with Crippen molar-refractivity contribution in [3.05, 3.63) is 12.3 Å². The quantitative estimate of drug-likeness (QED) is 0.290. The molecule has 21 heavy (non-hydrogen) atoms. The summed E-state index contributed by atoms with van der Waals surface area (Å²) in [4.78, 5) is 0. The van der Waals surface area contributed by atoms with Gasteiger partial charge in [0.05, 0.1) is 0 Å². The Morgan fingerprint density at radius 3 is 1.24 bits per heavy atom. The van der Waals surface area contributed by atoms with Gasteiger partial charge in [0.2, 0.25) is 0 Å². The van der Waals surface area contributed by atoms with Gasteiger partial charge >= 0.3 is 8.80 Å². The molecule has 0 aromatic heterocycles. The minimum absolute atomic E-state index is 0.140. The van der Waals surface area contributed by atoms with Crippen LogP contribution in [0.4, 0.5) is 0 Å². The van der Waals surface area contributed by atoms with Crippen molar-refractivity contribution in [2.75, 3.05) is 39.6 Å². The standard InChI is InChI=1S/C14H30O6Si/c1-2-21(18-12-6-3-9-15,19-13-7-4-10-16)20-14-8-5-11-17/h2,15-17H,1,3-14H2. The molecule has 0 fully saturated rings. The molecule has 3 N–H and O–H groups in total. The van der Waals surface area contributed by atoms with E-state index in [2.05, 4.69) is 6.58 Å². The van der Waals surface area contributed by atoms with E-state index in [-0.39, 0.29) is 19.8 Å². The van der Waals surface area contributed by atoms with Gasteiger partial charge in [-0.25, -0.2) is 0 Å². The molecule has 126 valence electrons. The zero-order valence-electron chi connectivity index (χ0n) is 12.8. The Morgan fingerprint density at radius 2 is 1.00 bits per heavy atom. The SMILES string of the molecule is C=C[Si](OCCCCO)(OCCCCO)OCCCCO. The van der Waals surface area contributed by atoms with Crippen molar-refractivity contribution in [1.29, 1.82) is 0 Å². The fourth-order valence-electron chi connectivity index (χ4n) is 1.59. The first-order chi connectivity index (χ1) is 10.2. The molecular weight excluding hydrogens is 292 g/mol. The Hall–Kier alpha value is -0.283. The molecule has 0 unspecified atom stereocenters. The number of hydrogen-bond donors (Lipinski definition) is 3. The Bertz CT molecular complexity index is 208. The summed E-state index contributed by atoms with van der Waals surface area (Å²) in [5.41, 5.74) is 1.61. The van der Waals surface area contributed by atoms with Crippen LogP contribution < -0.4 is 0 Å². The normalized spacial score (nSPS) is 11.8. The number of aliphatic hydroxyl groups excluding tert-OH is 3. The van der Waals surface area contributed by atoms with E-state index in [0.717, 1.165) is 19.3 Å². The van der Waals surface area contributed by atoms with Crippen LogP contribution in [-0.2, 0) is 13.3 Å². The summed E-state index contributed by atoms with van der Waals surface area (Å²) in [6, 6.07) is 0. The van der Waals surface area contributed by atoms with Crippen molar-refractivity contribution in [2.24, 2.45) is 0 Å². The van der Waals surface area contributed by atoms with E-state index in [9.17, 15) is 0 Å². The minimum Gasteiger partial charge on any atom is -0.396 e. The third kappa shape index (κ3) is 11.0. The monoisotopic (exact) mass is 322 g/mol.